The van der Waals surface area contributed by atoms with Crippen LogP contribution in [0.5, 0.6) is 0 Å². The number of fused-ring (bicyclic) bond motifs is 1. The Kier molecular flexibility index (Phi) is 2.95. The first-order valence-electron chi connectivity index (χ1n) is 5.43. The molecule has 4 nitrogen and oxygen atoms in total. The lowest BCUT2D eigenvalue weighted by Gasteiger charge is -2.04. The highest BCUT2D eigenvalue weighted by molar-refractivity contribution is 5.94. The molecule has 2 rings (SSSR count). The topological polar surface area (TPSA) is 59.2 Å². The summed E-state index contributed by atoms with van der Waals surface area (Å²) >= 11 is 0. The molecule has 88 valence electrons. The molecule has 1 heterocycles. The van der Waals surface area contributed by atoms with Crippen LogP contribution in [-0.2, 0) is 4.74 Å². The molecule has 1 aromatic carbocycles. The molecule has 1 aromatic heterocycles. The molecule has 0 saturated carbocycles. The fourth-order valence-corrected chi connectivity index (χ4v) is 1.76. The molecule has 0 aliphatic rings. The van der Waals surface area contributed by atoms with Gasteiger partial charge in [0.1, 0.15) is 5.56 Å². The van der Waals surface area contributed by atoms with Crippen molar-refractivity contribution in [3.63, 3.8) is 0 Å². The maximum Gasteiger partial charge on any atom is 0.343 e. The number of aromatic nitrogens is 1. The van der Waals surface area contributed by atoms with E-state index in [0.29, 0.717) is 5.39 Å². The van der Waals surface area contributed by atoms with Crippen molar-refractivity contribution in [3.05, 3.63) is 45.7 Å². The highest BCUT2D eigenvalue weighted by Gasteiger charge is 2.13. The monoisotopic (exact) mass is 231 g/mol. The van der Waals surface area contributed by atoms with Crippen LogP contribution < -0.4 is 5.43 Å². The minimum absolute atomic E-state index is 0.0463. The van der Waals surface area contributed by atoms with Gasteiger partial charge in [0.05, 0.1) is 12.1 Å². The number of pyridine rings is 1. The number of carbonyl (C=O) groups excluding carboxylic acids is 1. The Balaban J connectivity index is 2.67. The van der Waals surface area contributed by atoms with Crippen molar-refractivity contribution in [2.24, 2.45) is 0 Å². The number of H-pyrrole nitrogens is 1. The van der Waals surface area contributed by atoms with Gasteiger partial charge in [-0.15, -0.1) is 0 Å². The largest absolute Gasteiger partial charge is 0.462 e. The van der Waals surface area contributed by atoms with Crippen molar-refractivity contribution in [1.82, 2.24) is 4.98 Å². The van der Waals surface area contributed by atoms with E-state index in [1.54, 1.807) is 19.1 Å². The molecular formula is C13H13NO3. The molecule has 0 aliphatic carbocycles. The number of para-hydroxylation sites is 1. The first-order valence-corrected chi connectivity index (χ1v) is 5.43. The molecule has 0 radical (unpaired) electrons. The SMILES string of the molecule is CCOC(=O)c1c[nH]c2c(C)cccc2c1=O. The van der Waals surface area contributed by atoms with E-state index in [1.165, 1.54) is 6.20 Å². The Bertz CT molecular complexity index is 628. The van der Waals surface area contributed by atoms with Crippen molar-refractivity contribution in [2.75, 3.05) is 6.61 Å². The number of hydrogen-bond acceptors (Lipinski definition) is 3. The molecule has 1 N–H and O–H groups in total. The van der Waals surface area contributed by atoms with E-state index < -0.39 is 5.97 Å². The van der Waals surface area contributed by atoms with E-state index in [1.807, 2.05) is 13.0 Å². The van der Waals surface area contributed by atoms with Gasteiger partial charge in [-0.2, -0.15) is 0 Å². The number of benzene rings is 1. The lowest BCUT2D eigenvalue weighted by molar-refractivity contribution is 0.0524. The summed E-state index contributed by atoms with van der Waals surface area (Å²) in [5.74, 6) is -0.586. The maximum atomic E-state index is 12.1. The summed E-state index contributed by atoms with van der Waals surface area (Å²) in [7, 11) is 0. The van der Waals surface area contributed by atoms with Crippen LogP contribution >= 0.6 is 0 Å². The van der Waals surface area contributed by atoms with Gasteiger partial charge < -0.3 is 9.72 Å². The highest BCUT2D eigenvalue weighted by Crippen LogP contribution is 2.12. The van der Waals surface area contributed by atoms with Gasteiger partial charge in [-0.25, -0.2) is 4.79 Å². The van der Waals surface area contributed by atoms with Gasteiger partial charge in [-0.3, -0.25) is 4.79 Å². The molecular weight excluding hydrogens is 218 g/mol. The first kappa shape index (κ1) is 11.4. The zero-order valence-electron chi connectivity index (χ0n) is 9.74. The number of ether oxygens (including phenoxy) is 1. The van der Waals surface area contributed by atoms with Crippen LogP contribution in [0.25, 0.3) is 10.9 Å². The molecule has 0 bridgehead atoms. The average molecular weight is 231 g/mol. The summed E-state index contributed by atoms with van der Waals surface area (Å²) < 4.78 is 4.83. The predicted octanol–water partition coefficient (Wildman–Crippen LogP) is 2.01. The standard InChI is InChI=1S/C13H13NO3/c1-3-17-13(16)10-7-14-11-8(2)5-4-6-9(11)12(10)15/h4-7H,3H2,1-2H3,(H,14,15). The Morgan fingerprint density at radius 1 is 1.41 bits per heavy atom. The summed E-state index contributed by atoms with van der Waals surface area (Å²) in [5.41, 5.74) is 1.48. The van der Waals surface area contributed by atoms with Crippen LogP contribution in [0, 0.1) is 6.92 Å². The lowest BCUT2D eigenvalue weighted by atomic mass is 10.1. The molecule has 0 amide bonds. The summed E-state index contributed by atoms with van der Waals surface area (Å²) in [4.78, 5) is 26.6. The third kappa shape index (κ3) is 1.93. The molecule has 0 unspecified atom stereocenters. The Morgan fingerprint density at radius 2 is 2.18 bits per heavy atom. The van der Waals surface area contributed by atoms with Gasteiger partial charge in [-0.1, -0.05) is 12.1 Å². The molecule has 0 spiro atoms. The van der Waals surface area contributed by atoms with E-state index in [0.717, 1.165) is 11.1 Å². The van der Waals surface area contributed by atoms with Crippen molar-refractivity contribution in [2.45, 2.75) is 13.8 Å². The number of nitrogens with one attached hydrogen (secondary N) is 1. The fourth-order valence-electron chi connectivity index (χ4n) is 1.76. The van der Waals surface area contributed by atoms with Gasteiger partial charge in [-0.05, 0) is 25.5 Å². The molecule has 0 saturated heterocycles. The Hall–Kier alpha value is -2.10. The second kappa shape index (κ2) is 4.41. The van der Waals surface area contributed by atoms with Crippen LogP contribution in [0.4, 0.5) is 0 Å². The van der Waals surface area contributed by atoms with Crippen LogP contribution in [0.15, 0.2) is 29.2 Å². The smallest absolute Gasteiger partial charge is 0.343 e. The summed E-state index contributed by atoms with van der Waals surface area (Å²) in [6.07, 6.45) is 1.41. The number of esters is 1. The number of hydrogen-bond donors (Lipinski definition) is 1. The van der Waals surface area contributed by atoms with E-state index >= 15 is 0 Å². The normalized spacial score (nSPS) is 10.5. The van der Waals surface area contributed by atoms with Crippen LogP contribution in [0.1, 0.15) is 22.8 Å². The lowest BCUT2D eigenvalue weighted by Crippen LogP contribution is -2.18. The third-order valence-corrected chi connectivity index (χ3v) is 2.62. The van der Waals surface area contributed by atoms with Crippen molar-refractivity contribution in [3.8, 4) is 0 Å². The van der Waals surface area contributed by atoms with Crippen molar-refractivity contribution >= 4 is 16.9 Å². The Labute approximate surface area is 98.2 Å². The van der Waals surface area contributed by atoms with Crippen LogP contribution in [0.2, 0.25) is 0 Å². The molecule has 2 aromatic rings. The average Bonchev–Trinajstić information content (AvgIpc) is 2.31. The summed E-state index contributed by atoms with van der Waals surface area (Å²) in [6.45, 7) is 3.86. The zero-order chi connectivity index (χ0) is 12.4. The van der Waals surface area contributed by atoms with E-state index in [2.05, 4.69) is 4.98 Å². The van der Waals surface area contributed by atoms with Crippen molar-refractivity contribution < 1.29 is 9.53 Å². The maximum absolute atomic E-state index is 12.1. The van der Waals surface area contributed by atoms with Crippen LogP contribution in [0.3, 0.4) is 0 Å². The number of aryl methyl sites for hydroxylation is 1. The van der Waals surface area contributed by atoms with Gasteiger partial charge >= 0.3 is 5.97 Å². The van der Waals surface area contributed by atoms with Gasteiger partial charge in [0.25, 0.3) is 0 Å². The van der Waals surface area contributed by atoms with E-state index in [4.69, 9.17) is 4.74 Å². The molecule has 0 aliphatic heterocycles. The minimum Gasteiger partial charge on any atom is -0.462 e. The highest BCUT2D eigenvalue weighted by atomic mass is 16.5. The van der Waals surface area contributed by atoms with E-state index in [9.17, 15) is 9.59 Å². The minimum atomic E-state index is -0.586. The fraction of sp³-hybridized carbons (Fsp3) is 0.231. The molecule has 4 heteroatoms. The molecule has 17 heavy (non-hydrogen) atoms. The zero-order valence-corrected chi connectivity index (χ0v) is 9.74. The van der Waals surface area contributed by atoms with Gasteiger partial charge in [0.15, 0.2) is 0 Å². The van der Waals surface area contributed by atoms with Crippen molar-refractivity contribution in [1.29, 1.82) is 0 Å². The summed E-state index contributed by atoms with van der Waals surface area (Å²) in [6, 6.07) is 5.40. The second-order valence-electron chi connectivity index (χ2n) is 3.75. The molecule has 0 fully saturated rings. The number of rotatable bonds is 2. The molecule has 0 atom stereocenters. The third-order valence-electron chi connectivity index (χ3n) is 2.62. The quantitative estimate of drug-likeness (QED) is 0.804. The van der Waals surface area contributed by atoms with Gasteiger partial charge in [0.2, 0.25) is 5.43 Å². The first-order chi connectivity index (χ1) is 8.15. The predicted molar refractivity (Wildman–Crippen MR) is 65.3 cm³/mol. The second-order valence-corrected chi connectivity index (χ2v) is 3.75. The number of aromatic amines is 1. The van der Waals surface area contributed by atoms with E-state index in [-0.39, 0.29) is 17.6 Å². The van der Waals surface area contributed by atoms with Gasteiger partial charge in [0, 0.05) is 11.6 Å². The van der Waals surface area contributed by atoms with Crippen LogP contribution in [-0.4, -0.2) is 17.6 Å². The number of carbonyl (C=O) groups is 1. The summed E-state index contributed by atoms with van der Waals surface area (Å²) in [5, 5.41) is 0.510. The Morgan fingerprint density at radius 3 is 2.88 bits per heavy atom.